The minimum Gasteiger partial charge on any atom is -0.493 e. The number of amides is 1. The summed E-state index contributed by atoms with van der Waals surface area (Å²) in [4.78, 5) is 23.5. The third kappa shape index (κ3) is 3.91. The van der Waals surface area contributed by atoms with E-state index >= 15 is 0 Å². The van der Waals surface area contributed by atoms with Gasteiger partial charge in [-0.25, -0.2) is 0 Å². The number of hydrogen-bond acceptors (Lipinski definition) is 8. The third-order valence-corrected chi connectivity index (χ3v) is 4.73. The van der Waals surface area contributed by atoms with Crippen molar-refractivity contribution in [1.29, 1.82) is 0 Å². The maximum absolute atomic E-state index is 12.3. The van der Waals surface area contributed by atoms with E-state index in [1.807, 2.05) is 0 Å². The van der Waals surface area contributed by atoms with Gasteiger partial charge in [-0.05, 0) is 17.7 Å². The molecular weight excluding hydrogens is 394 g/mol. The zero-order chi connectivity index (χ0) is 21.8. The van der Waals surface area contributed by atoms with Crippen LogP contribution in [0.25, 0.3) is 0 Å². The number of nitrogens with two attached hydrogens (primary N) is 1. The first-order valence-corrected chi connectivity index (χ1v) is 9.06. The van der Waals surface area contributed by atoms with Gasteiger partial charge in [0, 0.05) is 17.5 Å². The Bertz CT molecular complexity index is 972. The Kier molecular flexibility index (Phi) is 6.20. The van der Waals surface area contributed by atoms with Crippen molar-refractivity contribution in [1.82, 2.24) is 0 Å². The third-order valence-electron chi connectivity index (χ3n) is 4.73. The van der Waals surface area contributed by atoms with E-state index in [2.05, 4.69) is 0 Å². The molecule has 0 aliphatic carbocycles. The Morgan fingerprint density at radius 3 is 2.30 bits per heavy atom. The molecule has 0 radical (unpaired) electrons. The van der Waals surface area contributed by atoms with E-state index in [-0.39, 0.29) is 13.0 Å². The molecule has 2 aromatic rings. The molecule has 9 nitrogen and oxygen atoms in total. The monoisotopic (exact) mass is 417 g/mol. The number of rotatable bonds is 8. The summed E-state index contributed by atoms with van der Waals surface area (Å²) < 4.78 is 32.7. The predicted molar refractivity (Wildman–Crippen MR) is 106 cm³/mol. The summed E-state index contributed by atoms with van der Waals surface area (Å²) in [7, 11) is 5.97. The SMILES string of the molecule is COc1ccc(C2CC(=O)Oc3cc(OC)c(OC)c(OC)c32)cc1OCC(N)=O. The molecule has 1 unspecified atom stereocenters. The van der Waals surface area contributed by atoms with E-state index in [4.69, 9.17) is 34.2 Å². The summed E-state index contributed by atoms with van der Waals surface area (Å²) in [6.07, 6.45) is 0.0699. The van der Waals surface area contributed by atoms with Crippen LogP contribution in [0.3, 0.4) is 0 Å². The first kappa shape index (κ1) is 21.1. The molecular formula is C21H23NO8. The summed E-state index contributed by atoms with van der Waals surface area (Å²) >= 11 is 0. The number of esters is 1. The van der Waals surface area contributed by atoms with Crippen molar-refractivity contribution in [2.24, 2.45) is 5.73 Å². The van der Waals surface area contributed by atoms with Gasteiger partial charge in [-0.3, -0.25) is 9.59 Å². The van der Waals surface area contributed by atoms with Gasteiger partial charge in [0.25, 0.3) is 5.91 Å². The number of primary amides is 1. The van der Waals surface area contributed by atoms with Crippen molar-refractivity contribution in [2.45, 2.75) is 12.3 Å². The van der Waals surface area contributed by atoms with Gasteiger partial charge in [0.15, 0.2) is 29.6 Å². The van der Waals surface area contributed by atoms with Crippen LogP contribution < -0.4 is 34.2 Å². The van der Waals surface area contributed by atoms with Crippen LogP contribution >= 0.6 is 0 Å². The molecule has 1 aliphatic rings. The smallest absolute Gasteiger partial charge is 0.312 e. The number of hydrogen-bond donors (Lipinski definition) is 1. The van der Waals surface area contributed by atoms with Gasteiger partial charge in [-0.15, -0.1) is 0 Å². The van der Waals surface area contributed by atoms with Crippen LogP contribution in [0, 0.1) is 0 Å². The largest absolute Gasteiger partial charge is 0.493 e. The molecule has 9 heteroatoms. The summed E-state index contributed by atoms with van der Waals surface area (Å²) in [5.41, 5.74) is 6.56. The molecule has 160 valence electrons. The first-order chi connectivity index (χ1) is 14.4. The Hall–Kier alpha value is -3.62. The second kappa shape index (κ2) is 8.81. The first-order valence-electron chi connectivity index (χ1n) is 9.06. The van der Waals surface area contributed by atoms with Gasteiger partial charge in [0.05, 0.1) is 34.9 Å². The molecule has 1 atom stereocenters. The zero-order valence-electron chi connectivity index (χ0n) is 17.1. The van der Waals surface area contributed by atoms with E-state index in [9.17, 15) is 9.59 Å². The summed E-state index contributed by atoms with van der Waals surface area (Å²) in [5, 5.41) is 0. The fourth-order valence-corrected chi connectivity index (χ4v) is 3.46. The van der Waals surface area contributed by atoms with Crippen molar-refractivity contribution >= 4 is 11.9 Å². The molecule has 2 N–H and O–H groups in total. The summed E-state index contributed by atoms with van der Waals surface area (Å²) in [6.45, 7) is -0.308. The van der Waals surface area contributed by atoms with Crippen LogP contribution in [0.15, 0.2) is 24.3 Å². The molecule has 0 spiro atoms. The van der Waals surface area contributed by atoms with E-state index in [1.165, 1.54) is 28.4 Å². The predicted octanol–water partition coefficient (Wildman–Crippen LogP) is 2.03. The van der Waals surface area contributed by atoms with Crippen molar-refractivity contribution in [3.8, 4) is 34.5 Å². The molecule has 3 rings (SSSR count). The summed E-state index contributed by atoms with van der Waals surface area (Å²) in [5.74, 6) is 0.803. The zero-order valence-corrected chi connectivity index (χ0v) is 17.1. The molecule has 0 saturated carbocycles. The van der Waals surface area contributed by atoms with Gasteiger partial charge < -0.3 is 34.2 Å². The molecule has 0 fully saturated rings. The van der Waals surface area contributed by atoms with Crippen molar-refractivity contribution in [3.05, 3.63) is 35.4 Å². The molecule has 0 aromatic heterocycles. The number of methoxy groups -OCH3 is 4. The van der Waals surface area contributed by atoms with Crippen LogP contribution in [-0.2, 0) is 9.59 Å². The standard InChI is InChI=1S/C21H23NO8/c1-25-13-6-5-11(7-14(13)29-10-17(22)23)12-8-18(24)30-15-9-16(26-2)20(27-3)21(28-4)19(12)15/h5-7,9,12H,8,10H2,1-4H3,(H2,22,23). The van der Waals surface area contributed by atoms with E-state index in [1.54, 1.807) is 24.3 Å². The fraction of sp³-hybridized carbons (Fsp3) is 0.333. The van der Waals surface area contributed by atoms with Crippen LogP contribution in [0.2, 0.25) is 0 Å². The van der Waals surface area contributed by atoms with Crippen molar-refractivity contribution < 1.29 is 38.0 Å². The quantitative estimate of drug-likeness (QED) is 0.512. The maximum Gasteiger partial charge on any atom is 0.312 e. The van der Waals surface area contributed by atoms with Gasteiger partial charge in [-0.2, -0.15) is 0 Å². The van der Waals surface area contributed by atoms with E-state index < -0.39 is 17.8 Å². The molecule has 30 heavy (non-hydrogen) atoms. The Balaban J connectivity index is 2.16. The van der Waals surface area contributed by atoms with E-state index in [0.717, 1.165) is 5.56 Å². The van der Waals surface area contributed by atoms with Crippen LogP contribution in [-0.4, -0.2) is 46.9 Å². The average Bonchev–Trinajstić information content (AvgIpc) is 2.75. The Labute approximate surface area is 173 Å². The van der Waals surface area contributed by atoms with E-state index in [0.29, 0.717) is 40.1 Å². The normalized spacial score (nSPS) is 14.9. The molecule has 2 aromatic carbocycles. The average molecular weight is 417 g/mol. The van der Waals surface area contributed by atoms with Crippen molar-refractivity contribution in [3.63, 3.8) is 0 Å². The fourth-order valence-electron chi connectivity index (χ4n) is 3.46. The highest BCUT2D eigenvalue weighted by Gasteiger charge is 2.35. The van der Waals surface area contributed by atoms with Crippen LogP contribution in [0.5, 0.6) is 34.5 Å². The highest BCUT2D eigenvalue weighted by atomic mass is 16.6. The van der Waals surface area contributed by atoms with Crippen molar-refractivity contribution in [2.75, 3.05) is 35.0 Å². The lowest BCUT2D eigenvalue weighted by Crippen LogP contribution is -2.22. The lowest BCUT2D eigenvalue weighted by Gasteiger charge is -2.28. The molecule has 1 aliphatic heterocycles. The van der Waals surface area contributed by atoms with Gasteiger partial charge in [0.1, 0.15) is 5.75 Å². The second-order valence-corrected chi connectivity index (χ2v) is 6.45. The maximum atomic E-state index is 12.3. The summed E-state index contributed by atoms with van der Waals surface area (Å²) in [6, 6.07) is 6.79. The number of carbonyl (C=O) groups is 2. The number of fused-ring (bicyclic) bond motifs is 1. The number of benzene rings is 2. The molecule has 1 heterocycles. The van der Waals surface area contributed by atoms with Crippen LogP contribution in [0.1, 0.15) is 23.5 Å². The second-order valence-electron chi connectivity index (χ2n) is 6.45. The lowest BCUT2D eigenvalue weighted by atomic mass is 9.85. The van der Waals surface area contributed by atoms with Gasteiger partial charge in [0.2, 0.25) is 5.75 Å². The highest BCUT2D eigenvalue weighted by molar-refractivity contribution is 5.80. The number of ether oxygens (including phenoxy) is 6. The molecule has 0 saturated heterocycles. The lowest BCUT2D eigenvalue weighted by molar-refractivity contribution is -0.135. The highest BCUT2D eigenvalue weighted by Crippen LogP contribution is 2.52. The minimum absolute atomic E-state index is 0.0699. The Morgan fingerprint density at radius 2 is 1.70 bits per heavy atom. The van der Waals surface area contributed by atoms with Crippen LogP contribution in [0.4, 0.5) is 0 Å². The topological polar surface area (TPSA) is 116 Å². The van der Waals surface area contributed by atoms with Gasteiger partial charge >= 0.3 is 5.97 Å². The van der Waals surface area contributed by atoms with Gasteiger partial charge in [-0.1, -0.05) is 6.07 Å². The molecule has 0 bridgehead atoms. The minimum atomic E-state index is -0.618. The molecule has 1 amide bonds. The Morgan fingerprint density at radius 1 is 1.00 bits per heavy atom. The number of carbonyl (C=O) groups excluding carboxylic acids is 2.